The minimum Gasteiger partial charge on any atom is -0.496 e. The predicted octanol–water partition coefficient (Wildman–Crippen LogP) is 4.25. The summed E-state index contributed by atoms with van der Waals surface area (Å²) in [5.74, 6) is 0.162. The number of rotatable bonds is 3. The molecule has 2 rings (SSSR count). The van der Waals surface area contributed by atoms with Crippen molar-refractivity contribution in [3.63, 3.8) is 0 Å². The summed E-state index contributed by atoms with van der Waals surface area (Å²) in [6.07, 6.45) is 0. The first-order valence-electron chi connectivity index (χ1n) is 5.50. The minimum atomic E-state index is -0.268. The predicted molar refractivity (Wildman–Crippen MR) is 77.4 cm³/mol. The molecule has 0 atom stereocenters. The molecule has 0 heterocycles. The Morgan fingerprint density at radius 1 is 1.05 bits per heavy atom. The maximum absolute atomic E-state index is 12.1. The third kappa shape index (κ3) is 3.40. The van der Waals surface area contributed by atoms with Crippen molar-refractivity contribution in [2.45, 2.75) is 0 Å². The minimum absolute atomic E-state index is 0.268. The Morgan fingerprint density at radius 3 is 2.32 bits per heavy atom. The lowest BCUT2D eigenvalue weighted by Gasteiger charge is -2.09. The Hall–Kier alpha value is -1.71. The van der Waals surface area contributed by atoms with Gasteiger partial charge in [0.15, 0.2) is 0 Å². The van der Waals surface area contributed by atoms with E-state index in [2.05, 4.69) is 5.32 Å². The Bertz CT molecular complexity index is 597. The standard InChI is InChI=1S/C14H11Cl2NO2/c1-19-13-8-10(16)4-7-12(13)14(18)17-11-5-2-9(15)3-6-11/h2-8H,1H3,(H,17,18). The van der Waals surface area contributed by atoms with Crippen molar-refractivity contribution in [2.24, 2.45) is 0 Å². The maximum Gasteiger partial charge on any atom is 0.259 e. The molecule has 3 nitrogen and oxygen atoms in total. The summed E-state index contributed by atoms with van der Waals surface area (Å²) in [6, 6.07) is 11.7. The van der Waals surface area contributed by atoms with Crippen molar-refractivity contribution in [3.05, 3.63) is 58.1 Å². The maximum atomic E-state index is 12.1. The smallest absolute Gasteiger partial charge is 0.259 e. The fraction of sp³-hybridized carbons (Fsp3) is 0.0714. The fourth-order valence-electron chi connectivity index (χ4n) is 1.58. The van der Waals surface area contributed by atoms with E-state index in [1.807, 2.05) is 0 Å². The summed E-state index contributed by atoms with van der Waals surface area (Å²) in [6.45, 7) is 0. The zero-order valence-electron chi connectivity index (χ0n) is 10.1. The summed E-state index contributed by atoms with van der Waals surface area (Å²) in [4.78, 5) is 12.1. The van der Waals surface area contributed by atoms with Gasteiger partial charge in [-0.15, -0.1) is 0 Å². The molecule has 0 unspecified atom stereocenters. The molecule has 0 aliphatic rings. The zero-order chi connectivity index (χ0) is 13.8. The molecular weight excluding hydrogens is 285 g/mol. The Labute approximate surface area is 121 Å². The fourth-order valence-corrected chi connectivity index (χ4v) is 1.87. The van der Waals surface area contributed by atoms with Gasteiger partial charge in [-0.05, 0) is 42.5 Å². The van der Waals surface area contributed by atoms with Gasteiger partial charge in [-0.3, -0.25) is 4.79 Å². The second kappa shape index (κ2) is 5.95. The van der Waals surface area contributed by atoms with Gasteiger partial charge in [0.05, 0.1) is 12.7 Å². The van der Waals surface area contributed by atoms with Crippen LogP contribution in [0.2, 0.25) is 10.0 Å². The number of carbonyl (C=O) groups excluding carboxylic acids is 1. The average Bonchev–Trinajstić information content (AvgIpc) is 2.41. The van der Waals surface area contributed by atoms with Gasteiger partial charge < -0.3 is 10.1 Å². The molecular formula is C14H11Cl2NO2. The molecule has 98 valence electrons. The lowest BCUT2D eigenvalue weighted by atomic mass is 10.2. The van der Waals surface area contributed by atoms with Gasteiger partial charge in [0.25, 0.3) is 5.91 Å². The average molecular weight is 296 g/mol. The lowest BCUT2D eigenvalue weighted by Crippen LogP contribution is -2.13. The number of nitrogens with one attached hydrogen (secondary N) is 1. The molecule has 0 aliphatic heterocycles. The molecule has 0 spiro atoms. The van der Waals surface area contributed by atoms with E-state index in [0.29, 0.717) is 27.0 Å². The number of methoxy groups -OCH3 is 1. The van der Waals surface area contributed by atoms with Crippen molar-refractivity contribution in [3.8, 4) is 5.75 Å². The van der Waals surface area contributed by atoms with E-state index in [1.54, 1.807) is 42.5 Å². The Balaban J connectivity index is 2.22. The van der Waals surface area contributed by atoms with E-state index in [1.165, 1.54) is 7.11 Å². The monoisotopic (exact) mass is 295 g/mol. The highest BCUT2D eigenvalue weighted by molar-refractivity contribution is 6.31. The van der Waals surface area contributed by atoms with Crippen LogP contribution in [0.1, 0.15) is 10.4 Å². The highest BCUT2D eigenvalue weighted by atomic mass is 35.5. The number of amides is 1. The summed E-state index contributed by atoms with van der Waals surface area (Å²) < 4.78 is 5.14. The van der Waals surface area contributed by atoms with Gasteiger partial charge in [0.2, 0.25) is 0 Å². The van der Waals surface area contributed by atoms with E-state index in [4.69, 9.17) is 27.9 Å². The van der Waals surface area contributed by atoms with Gasteiger partial charge >= 0.3 is 0 Å². The molecule has 0 fully saturated rings. The number of halogens is 2. The molecule has 1 amide bonds. The van der Waals surface area contributed by atoms with E-state index in [9.17, 15) is 4.79 Å². The quantitative estimate of drug-likeness (QED) is 0.919. The number of hydrogen-bond donors (Lipinski definition) is 1. The molecule has 0 aliphatic carbocycles. The van der Waals surface area contributed by atoms with Gasteiger partial charge in [-0.2, -0.15) is 0 Å². The molecule has 0 bridgehead atoms. The van der Waals surface area contributed by atoms with E-state index >= 15 is 0 Å². The third-order valence-electron chi connectivity index (χ3n) is 2.51. The van der Waals surface area contributed by atoms with Gasteiger partial charge in [0, 0.05) is 15.7 Å². The first kappa shape index (κ1) is 13.7. The topological polar surface area (TPSA) is 38.3 Å². The number of hydrogen-bond acceptors (Lipinski definition) is 2. The summed E-state index contributed by atoms with van der Waals surface area (Å²) >= 11 is 11.6. The van der Waals surface area contributed by atoms with Crippen LogP contribution < -0.4 is 10.1 Å². The van der Waals surface area contributed by atoms with Gasteiger partial charge in [-0.1, -0.05) is 23.2 Å². The van der Waals surface area contributed by atoms with Crippen LogP contribution in [-0.2, 0) is 0 Å². The second-order valence-corrected chi connectivity index (χ2v) is 4.68. The highest BCUT2D eigenvalue weighted by Crippen LogP contribution is 2.24. The molecule has 19 heavy (non-hydrogen) atoms. The molecule has 0 radical (unpaired) electrons. The van der Waals surface area contributed by atoms with Crippen LogP contribution in [0.25, 0.3) is 0 Å². The molecule has 0 aromatic heterocycles. The SMILES string of the molecule is COc1cc(Cl)ccc1C(=O)Nc1ccc(Cl)cc1. The van der Waals surface area contributed by atoms with E-state index in [0.717, 1.165) is 0 Å². The largest absolute Gasteiger partial charge is 0.496 e. The van der Waals surface area contributed by atoms with E-state index in [-0.39, 0.29) is 5.91 Å². The lowest BCUT2D eigenvalue weighted by molar-refractivity contribution is 0.102. The molecule has 0 saturated carbocycles. The third-order valence-corrected chi connectivity index (χ3v) is 3.00. The first-order valence-corrected chi connectivity index (χ1v) is 6.26. The number of ether oxygens (including phenoxy) is 1. The van der Waals surface area contributed by atoms with Crippen LogP contribution in [0.5, 0.6) is 5.75 Å². The van der Waals surface area contributed by atoms with Crippen LogP contribution >= 0.6 is 23.2 Å². The molecule has 0 saturated heterocycles. The Kier molecular flexibility index (Phi) is 4.30. The summed E-state index contributed by atoms with van der Waals surface area (Å²) in [5.41, 5.74) is 1.08. The number of anilines is 1. The molecule has 5 heteroatoms. The van der Waals surface area contributed by atoms with Crippen LogP contribution in [0.15, 0.2) is 42.5 Å². The summed E-state index contributed by atoms with van der Waals surface area (Å²) in [5, 5.41) is 3.89. The van der Waals surface area contributed by atoms with Crippen molar-refractivity contribution >= 4 is 34.8 Å². The van der Waals surface area contributed by atoms with Crippen molar-refractivity contribution < 1.29 is 9.53 Å². The van der Waals surface area contributed by atoms with Crippen molar-refractivity contribution in [2.75, 3.05) is 12.4 Å². The summed E-state index contributed by atoms with van der Waals surface area (Å²) in [7, 11) is 1.49. The number of carbonyl (C=O) groups is 1. The van der Waals surface area contributed by atoms with Crippen molar-refractivity contribution in [1.29, 1.82) is 0 Å². The zero-order valence-corrected chi connectivity index (χ0v) is 11.6. The molecule has 2 aromatic rings. The highest BCUT2D eigenvalue weighted by Gasteiger charge is 2.12. The van der Waals surface area contributed by atoms with E-state index < -0.39 is 0 Å². The second-order valence-electron chi connectivity index (χ2n) is 3.81. The normalized spacial score (nSPS) is 10.1. The van der Waals surface area contributed by atoms with Crippen LogP contribution in [0.4, 0.5) is 5.69 Å². The number of benzene rings is 2. The van der Waals surface area contributed by atoms with Crippen LogP contribution in [-0.4, -0.2) is 13.0 Å². The Morgan fingerprint density at radius 2 is 1.68 bits per heavy atom. The molecule has 1 N–H and O–H groups in total. The first-order chi connectivity index (χ1) is 9.10. The van der Waals surface area contributed by atoms with Crippen molar-refractivity contribution in [1.82, 2.24) is 0 Å². The van der Waals surface area contributed by atoms with Crippen LogP contribution in [0, 0.1) is 0 Å². The van der Waals surface area contributed by atoms with Gasteiger partial charge in [-0.25, -0.2) is 0 Å². The van der Waals surface area contributed by atoms with Gasteiger partial charge in [0.1, 0.15) is 5.75 Å². The van der Waals surface area contributed by atoms with Crippen LogP contribution in [0.3, 0.4) is 0 Å². The molecule has 2 aromatic carbocycles.